The van der Waals surface area contributed by atoms with E-state index >= 15 is 0 Å². The lowest BCUT2D eigenvalue weighted by Crippen LogP contribution is -2.17. The van der Waals surface area contributed by atoms with E-state index in [1.54, 1.807) is 11.3 Å². The molecule has 0 fully saturated rings. The van der Waals surface area contributed by atoms with Crippen molar-refractivity contribution in [3.05, 3.63) is 41.4 Å². The molecule has 1 heterocycles. The van der Waals surface area contributed by atoms with Gasteiger partial charge in [0.2, 0.25) is 0 Å². The van der Waals surface area contributed by atoms with Crippen LogP contribution in [0, 0.1) is 0 Å². The van der Waals surface area contributed by atoms with Crippen LogP contribution in [0.15, 0.2) is 36.5 Å². The SMILES string of the molecule is CCCCN(c1ccccc1)c1ncc(C(C)NC)s1. The number of thiazole rings is 1. The van der Waals surface area contributed by atoms with Crippen molar-refractivity contribution < 1.29 is 0 Å². The van der Waals surface area contributed by atoms with Gasteiger partial charge in [0, 0.05) is 29.3 Å². The highest BCUT2D eigenvalue weighted by molar-refractivity contribution is 7.15. The van der Waals surface area contributed by atoms with Gasteiger partial charge >= 0.3 is 0 Å². The minimum atomic E-state index is 0.352. The normalized spacial score (nSPS) is 12.3. The molecule has 3 nitrogen and oxygen atoms in total. The van der Waals surface area contributed by atoms with Crippen LogP contribution in [0.25, 0.3) is 0 Å². The molecular formula is C16H23N3S. The molecule has 0 aliphatic heterocycles. The van der Waals surface area contributed by atoms with Crippen LogP contribution in [-0.2, 0) is 0 Å². The number of nitrogens with one attached hydrogen (secondary N) is 1. The fraction of sp³-hybridized carbons (Fsp3) is 0.438. The number of unbranched alkanes of at least 4 members (excludes halogenated alkanes) is 1. The molecule has 0 aliphatic rings. The minimum Gasteiger partial charge on any atom is -0.318 e. The van der Waals surface area contributed by atoms with Gasteiger partial charge in [0.25, 0.3) is 0 Å². The van der Waals surface area contributed by atoms with Crippen LogP contribution in [-0.4, -0.2) is 18.6 Å². The topological polar surface area (TPSA) is 28.2 Å². The van der Waals surface area contributed by atoms with Crippen LogP contribution in [0.4, 0.5) is 10.8 Å². The molecule has 2 aromatic rings. The smallest absolute Gasteiger partial charge is 0.190 e. The lowest BCUT2D eigenvalue weighted by Gasteiger charge is -2.21. The van der Waals surface area contributed by atoms with E-state index in [-0.39, 0.29) is 0 Å². The van der Waals surface area contributed by atoms with Crippen molar-refractivity contribution in [2.75, 3.05) is 18.5 Å². The summed E-state index contributed by atoms with van der Waals surface area (Å²) in [7, 11) is 1.98. The van der Waals surface area contributed by atoms with Gasteiger partial charge in [0.15, 0.2) is 5.13 Å². The summed E-state index contributed by atoms with van der Waals surface area (Å²) >= 11 is 1.77. The van der Waals surface area contributed by atoms with E-state index in [2.05, 4.69) is 59.4 Å². The van der Waals surface area contributed by atoms with E-state index in [1.807, 2.05) is 13.2 Å². The van der Waals surface area contributed by atoms with E-state index in [0.717, 1.165) is 11.7 Å². The number of hydrogen-bond donors (Lipinski definition) is 1. The van der Waals surface area contributed by atoms with Gasteiger partial charge in [-0.1, -0.05) is 42.9 Å². The molecule has 20 heavy (non-hydrogen) atoms. The van der Waals surface area contributed by atoms with Crippen molar-refractivity contribution in [3.8, 4) is 0 Å². The Morgan fingerprint density at radius 2 is 2.05 bits per heavy atom. The molecule has 1 N–H and O–H groups in total. The number of anilines is 2. The predicted octanol–water partition coefficient (Wildman–Crippen LogP) is 4.36. The molecule has 1 unspecified atom stereocenters. The average Bonchev–Trinajstić information content (AvgIpc) is 2.98. The van der Waals surface area contributed by atoms with Crippen LogP contribution in [0.5, 0.6) is 0 Å². The predicted molar refractivity (Wildman–Crippen MR) is 87.9 cm³/mol. The Kier molecular flexibility index (Phi) is 5.56. The molecule has 0 spiro atoms. The molecule has 108 valence electrons. The quantitative estimate of drug-likeness (QED) is 0.820. The molecule has 0 amide bonds. The second kappa shape index (κ2) is 7.41. The minimum absolute atomic E-state index is 0.352. The summed E-state index contributed by atoms with van der Waals surface area (Å²) in [5, 5.41) is 4.35. The molecule has 2 rings (SSSR count). The molecule has 0 saturated carbocycles. The van der Waals surface area contributed by atoms with Crippen LogP contribution < -0.4 is 10.2 Å². The van der Waals surface area contributed by atoms with E-state index in [0.29, 0.717) is 6.04 Å². The van der Waals surface area contributed by atoms with E-state index < -0.39 is 0 Å². The maximum atomic E-state index is 4.62. The molecule has 1 atom stereocenters. The first-order valence-electron chi connectivity index (χ1n) is 7.21. The number of hydrogen-bond acceptors (Lipinski definition) is 4. The Hall–Kier alpha value is -1.39. The lowest BCUT2D eigenvalue weighted by atomic mass is 10.2. The fourth-order valence-electron chi connectivity index (χ4n) is 2.00. The maximum absolute atomic E-state index is 4.62. The first-order chi connectivity index (χ1) is 9.76. The second-order valence-electron chi connectivity index (χ2n) is 4.90. The zero-order valence-corrected chi connectivity index (χ0v) is 13.3. The summed E-state index contributed by atoms with van der Waals surface area (Å²) in [6, 6.07) is 10.9. The zero-order valence-electron chi connectivity index (χ0n) is 12.5. The van der Waals surface area contributed by atoms with Crippen molar-refractivity contribution in [3.63, 3.8) is 0 Å². The molecule has 1 aromatic heterocycles. The summed E-state index contributed by atoms with van der Waals surface area (Å²) in [6.07, 6.45) is 4.35. The van der Waals surface area contributed by atoms with Crippen molar-refractivity contribution in [2.24, 2.45) is 0 Å². The Balaban J connectivity index is 2.24. The molecule has 4 heteroatoms. The number of nitrogens with zero attached hydrogens (tertiary/aromatic N) is 2. The highest BCUT2D eigenvalue weighted by Gasteiger charge is 2.14. The summed E-state index contributed by atoms with van der Waals surface area (Å²) in [4.78, 5) is 8.22. The van der Waals surface area contributed by atoms with Gasteiger partial charge in [-0.2, -0.15) is 0 Å². The van der Waals surface area contributed by atoms with E-state index in [1.165, 1.54) is 23.4 Å². The fourth-order valence-corrected chi connectivity index (χ4v) is 3.03. The summed E-state index contributed by atoms with van der Waals surface area (Å²) in [5.74, 6) is 0. The third kappa shape index (κ3) is 3.58. The summed E-state index contributed by atoms with van der Waals surface area (Å²) < 4.78 is 0. The Morgan fingerprint density at radius 1 is 1.30 bits per heavy atom. The highest BCUT2D eigenvalue weighted by atomic mass is 32.1. The zero-order chi connectivity index (χ0) is 14.4. The molecule has 0 bridgehead atoms. The van der Waals surface area contributed by atoms with Crippen molar-refractivity contribution in [1.82, 2.24) is 10.3 Å². The van der Waals surface area contributed by atoms with Crippen LogP contribution in [0.3, 0.4) is 0 Å². The summed E-state index contributed by atoms with van der Waals surface area (Å²) in [5.41, 5.74) is 1.22. The van der Waals surface area contributed by atoms with E-state index in [4.69, 9.17) is 0 Å². The maximum Gasteiger partial charge on any atom is 0.190 e. The van der Waals surface area contributed by atoms with Gasteiger partial charge in [0.1, 0.15) is 0 Å². The molecule has 0 aliphatic carbocycles. The highest BCUT2D eigenvalue weighted by Crippen LogP contribution is 2.32. The third-order valence-corrected chi connectivity index (χ3v) is 4.61. The van der Waals surface area contributed by atoms with Crippen molar-refractivity contribution in [2.45, 2.75) is 32.7 Å². The number of para-hydroxylation sites is 1. The summed E-state index contributed by atoms with van der Waals surface area (Å²) in [6.45, 7) is 5.40. The Labute approximate surface area is 125 Å². The lowest BCUT2D eigenvalue weighted by molar-refractivity contribution is 0.662. The first kappa shape index (κ1) is 15.0. The number of aromatic nitrogens is 1. The number of rotatable bonds is 7. The Bertz CT molecular complexity index is 509. The standard InChI is InChI=1S/C16H23N3S/c1-4-5-11-19(14-9-7-6-8-10-14)16-18-12-15(20-16)13(2)17-3/h6-10,12-13,17H,4-5,11H2,1-3H3. The van der Waals surface area contributed by atoms with Crippen LogP contribution >= 0.6 is 11.3 Å². The average molecular weight is 289 g/mol. The van der Waals surface area contributed by atoms with E-state index in [9.17, 15) is 0 Å². The van der Waals surface area contributed by atoms with Crippen molar-refractivity contribution in [1.29, 1.82) is 0 Å². The second-order valence-corrected chi connectivity index (χ2v) is 5.94. The van der Waals surface area contributed by atoms with Crippen LogP contribution in [0.1, 0.15) is 37.6 Å². The molecular weight excluding hydrogens is 266 g/mol. The largest absolute Gasteiger partial charge is 0.318 e. The van der Waals surface area contributed by atoms with Crippen molar-refractivity contribution >= 4 is 22.2 Å². The van der Waals surface area contributed by atoms with Gasteiger partial charge in [-0.25, -0.2) is 4.98 Å². The monoisotopic (exact) mass is 289 g/mol. The molecule has 0 saturated heterocycles. The van der Waals surface area contributed by atoms with Gasteiger partial charge in [0.05, 0.1) is 0 Å². The first-order valence-corrected chi connectivity index (χ1v) is 8.03. The molecule has 0 radical (unpaired) electrons. The van der Waals surface area contributed by atoms with Gasteiger partial charge in [-0.15, -0.1) is 0 Å². The van der Waals surface area contributed by atoms with Crippen LogP contribution in [0.2, 0.25) is 0 Å². The van der Waals surface area contributed by atoms with Gasteiger partial charge in [-0.05, 0) is 32.5 Å². The third-order valence-electron chi connectivity index (χ3n) is 3.41. The van der Waals surface area contributed by atoms with Gasteiger partial charge < -0.3 is 10.2 Å². The number of benzene rings is 1. The molecule has 1 aromatic carbocycles. The van der Waals surface area contributed by atoms with Gasteiger partial charge in [-0.3, -0.25) is 0 Å². The Morgan fingerprint density at radius 3 is 2.70 bits per heavy atom.